The van der Waals surface area contributed by atoms with Gasteiger partial charge in [0, 0.05) is 22.8 Å². The number of halogens is 2. The second-order valence-corrected chi connectivity index (χ2v) is 17.6. The highest BCUT2D eigenvalue weighted by Gasteiger charge is 2.48. The largest absolute Gasteiger partial charge is 0.416 e. The van der Waals surface area contributed by atoms with Gasteiger partial charge in [-0.3, -0.25) is 4.57 Å². The number of anilines is 1. The van der Waals surface area contributed by atoms with Crippen LogP contribution in [0.15, 0.2) is 65.6 Å². The summed E-state index contributed by atoms with van der Waals surface area (Å²) in [6.45, 7) is 12.3. The first-order valence-corrected chi connectivity index (χ1v) is 17.3. The van der Waals surface area contributed by atoms with Gasteiger partial charge in [0.15, 0.2) is 8.32 Å². The number of nitrogens with zero attached hydrogens (tertiary/aromatic N) is 2. The Hall–Kier alpha value is -2.24. The Balaban J connectivity index is 1.62. The van der Waals surface area contributed by atoms with Gasteiger partial charge in [-0.25, -0.2) is 4.79 Å². The van der Waals surface area contributed by atoms with Crippen LogP contribution in [-0.4, -0.2) is 43.3 Å². The van der Waals surface area contributed by atoms with E-state index in [2.05, 4.69) is 38.8 Å². The van der Waals surface area contributed by atoms with E-state index in [-0.39, 0.29) is 23.4 Å². The van der Waals surface area contributed by atoms with Gasteiger partial charge >= 0.3 is 5.69 Å². The van der Waals surface area contributed by atoms with Crippen molar-refractivity contribution in [1.82, 2.24) is 9.55 Å². The predicted molar refractivity (Wildman–Crippen MR) is 165 cm³/mol. The molecule has 41 heavy (non-hydrogen) atoms. The maximum atomic E-state index is 12.9. The van der Waals surface area contributed by atoms with Gasteiger partial charge in [0.1, 0.15) is 18.1 Å². The van der Waals surface area contributed by atoms with E-state index >= 15 is 0 Å². The summed E-state index contributed by atoms with van der Waals surface area (Å²) < 4.78 is 27.3. The first kappa shape index (κ1) is 31.7. The molecule has 3 aromatic rings. The Morgan fingerprint density at radius 2 is 1.54 bits per heavy atom. The molecule has 11 heteroatoms. The molecule has 8 nitrogen and oxygen atoms in total. The zero-order valence-corrected chi connectivity index (χ0v) is 26.7. The molecule has 0 saturated carbocycles. The van der Waals surface area contributed by atoms with Gasteiger partial charge in [0.05, 0.1) is 31.8 Å². The third kappa shape index (κ3) is 8.19. The SMILES string of the molecule is CC(C)(C)[Si](C)(C)OC[C@@H]1[C@H](OCc2ccc(Cl)cc2)[C@@H](COCc2ccc(Cl)cc2)O[C@H]1n1ccc(N)nc1=O. The summed E-state index contributed by atoms with van der Waals surface area (Å²) in [7, 11) is -2.14. The Kier molecular flexibility index (Phi) is 10.3. The maximum Gasteiger partial charge on any atom is 0.351 e. The van der Waals surface area contributed by atoms with Crippen molar-refractivity contribution in [2.75, 3.05) is 18.9 Å². The smallest absolute Gasteiger partial charge is 0.351 e. The zero-order chi connectivity index (χ0) is 29.8. The fourth-order valence-corrected chi connectivity index (χ4v) is 5.69. The quantitative estimate of drug-likeness (QED) is 0.246. The van der Waals surface area contributed by atoms with Crippen molar-refractivity contribution >= 4 is 37.3 Å². The summed E-state index contributed by atoms with van der Waals surface area (Å²) in [6, 6.07) is 16.6. The first-order valence-electron chi connectivity index (χ1n) is 13.7. The summed E-state index contributed by atoms with van der Waals surface area (Å²) in [6.07, 6.45) is 0.0221. The lowest BCUT2D eigenvalue weighted by molar-refractivity contribution is -0.0832. The molecule has 0 amide bonds. The van der Waals surface area contributed by atoms with Crippen molar-refractivity contribution in [1.29, 1.82) is 0 Å². The lowest BCUT2D eigenvalue weighted by Gasteiger charge is -2.38. The Morgan fingerprint density at radius 3 is 2.10 bits per heavy atom. The molecule has 2 N–H and O–H groups in total. The van der Waals surface area contributed by atoms with Crippen molar-refractivity contribution in [3.8, 4) is 0 Å². The minimum atomic E-state index is -2.14. The minimum Gasteiger partial charge on any atom is -0.416 e. The molecule has 0 spiro atoms. The van der Waals surface area contributed by atoms with Crippen LogP contribution in [0.2, 0.25) is 28.2 Å². The second-order valence-electron chi connectivity index (χ2n) is 11.9. The molecule has 0 bridgehead atoms. The molecular formula is C30H39Cl2N3O5Si. The van der Waals surface area contributed by atoms with E-state index in [1.807, 2.05) is 48.5 Å². The van der Waals surface area contributed by atoms with Crippen LogP contribution in [0.4, 0.5) is 5.82 Å². The monoisotopic (exact) mass is 619 g/mol. The molecule has 0 unspecified atom stereocenters. The highest BCUT2D eigenvalue weighted by atomic mass is 35.5. The van der Waals surface area contributed by atoms with Crippen LogP contribution in [-0.2, 0) is 31.9 Å². The van der Waals surface area contributed by atoms with Gasteiger partial charge in [0.2, 0.25) is 0 Å². The molecular weight excluding hydrogens is 581 g/mol. The number of rotatable bonds is 11. The topological polar surface area (TPSA) is 97.8 Å². The Bertz CT molecular complexity index is 1350. The van der Waals surface area contributed by atoms with Gasteiger partial charge in [-0.05, 0) is 59.6 Å². The fourth-order valence-electron chi connectivity index (χ4n) is 4.40. The van der Waals surface area contributed by atoms with Gasteiger partial charge in [0.25, 0.3) is 0 Å². The number of ether oxygens (including phenoxy) is 3. The van der Waals surface area contributed by atoms with E-state index in [0.29, 0.717) is 29.9 Å². The number of aromatic nitrogens is 2. The predicted octanol–water partition coefficient (Wildman–Crippen LogP) is 6.47. The molecule has 1 aliphatic rings. The fraction of sp³-hybridized carbons (Fsp3) is 0.467. The molecule has 0 radical (unpaired) electrons. The molecule has 0 aliphatic carbocycles. The maximum absolute atomic E-state index is 12.9. The summed E-state index contributed by atoms with van der Waals surface area (Å²) in [5.41, 5.74) is 7.24. The first-order chi connectivity index (χ1) is 19.3. The van der Waals surface area contributed by atoms with E-state index in [1.165, 1.54) is 4.57 Å². The molecule has 4 atom stereocenters. The standard InChI is InChI=1S/C30H39Cl2N3O5Si/c1-30(2,3)41(4,5)39-18-24-27(38-17-21-8-12-23(32)13-9-21)25(19-37-16-20-6-10-22(31)11-7-20)40-28(24)35-15-14-26(33)34-29(35)36/h6-15,24-25,27-28H,16-19H2,1-5H3,(H2,33,34,36)/t24-,25-,27+,28-/m1/s1. The average Bonchev–Trinajstić information content (AvgIpc) is 3.24. The van der Waals surface area contributed by atoms with Crippen molar-refractivity contribution in [2.24, 2.45) is 5.92 Å². The Morgan fingerprint density at radius 1 is 0.951 bits per heavy atom. The van der Waals surface area contributed by atoms with E-state index in [4.69, 9.17) is 47.6 Å². The van der Waals surface area contributed by atoms with E-state index in [0.717, 1.165) is 11.1 Å². The number of nitrogens with two attached hydrogens (primary N) is 1. The van der Waals surface area contributed by atoms with Gasteiger partial charge < -0.3 is 24.4 Å². The van der Waals surface area contributed by atoms with Crippen LogP contribution in [0.1, 0.15) is 38.1 Å². The third-order valence-corrected chi connectivity index (χ3v) is 12.9. The molecule has 1 aromatic heterocycles. The van der Waals surface area contributed by atoms with E-state index < -0.39 is 32.4 Å². The van der Waals surface area contributed by atoms with Crippen molar-refractivity contribution in [2.45, 2.75) is 70.6 Å². The lowest BCUT2D eigenvalue weighted by atomic mass is 10.00. The molecule has 1 fully saturated rings. The van der Waals surface area contributed by atoms with Gasteiger partial charge in [-0.15, -0.1) is 0 Å². The van der Waals surface area contributed by atoms with Crippen LogP contribution in [0.5, 0.6) is 0 Å². The van der Waals surface area contributed by atoms with Crippen LogP contribution >= 0.6 is 23.2 Å². The average molecular weight is 621 g/mol. The minimum absolute atomic E-state index is 0.00228. The van der Waals surface area contributed by atoms with Crippen molar-refractivity contribution in [3.05, 3.63) is 92.5 Å². The van der Waals surface area contributed by atoms with Crippen LogP contribution in [0.3, 0.4) is 0 Å². The van der Waals surface area contributed by atoms with Gasteiger partial charge in [-0.2, -0.15) is 4.98 Å². The van der Waals surface area contributed by atoms with Gasteiger partial charge in [-0.1, -0.05) is 68.2 Å². The Labute approximate surface area is 252 Å². The summed E-state index contributed by atoms with van der Waals surface area (Å²) in [5.74, 6) is -0.166. The number of nitrogen functional groups attached to an aromatic ring is 1. The number of hydrogen-bond acceptors (Lipinski definition) is 7. The number of hydrogen-bond donors (Lipinski definition) is 1. The molecule has 2 aromatic carbocycles. The van der Waals surface area contributed by atoms with Crippen LogP contribution in [0, 0.1) is 5.92 Å². The highest BCUT2D eigenvalue weighted by Crippen LogP contribution is 2.41. The van der Waals surface area contributed by atoms with Crippen molar-refractivity contribution < 1.29 is 18.6 Å². The summed E-state index contributed by atoms with van der Waals surface area (Å²) in [5, 5.41) is 1.32. The second kappa shape index (κ2) is 13.4. The zero-order valence-electron chi connectivity index (χ0n) is 24.2. The normalized spacial score (nSPS) is 21.3. The molecule has 2 heterocycles. The van der Waals surface area contributed by atoms with E-state index in [9.17, 15) is 4.79 Å². The van der Waals surface area contributed by atoms with E-state index in [1.54, 1.807) is 12.3 Å². The molecule has 1 aliphatic heterocycles. The molecule has 1 saturated heterocycles. The van der Waals surface area contributed by atoms with Crippen LogP contribution in [0.25, 0.3) is 0 Å². The number of benzene rings is 2. The summed E-state index contributed by atoms with van der Waals surface area (Å²) >= 11 is 12.1. The molecule has 222 valence electrons. The highest BCUT2D eigenvalue weighted by molar-refractivity contribution is 6.74. The third-order valence-electron chi connectivity index (χ3n) is 7.86. The van der Waals surface area contributed by atoms with Crippen molar-refractivity contribution in [3.63, 3.8) is 0 Å². The summed E-state index contributed by atoms with van der Waals surface area (Å²) in [4.78, 5) is 16.9. The molecule has 4 rings (SSSR count). The van der Waals surface area contributed by atoms with Crippen LogP contribution < -0.4 is 11.4 Å². The lowest BCUT2D eigenvalue weighted by Crippen LogP contribution is -2.45.